The highest BCUT2D eigenvalue weighted by atomic mass is 16.5. The number of pyridine rings is 1. The molecule has 3 atom stereocenters. The van der Waals surface area contributed by atoms with E-state index in [0.717, 1.165) is 0 Å². The van der Waals surface area contributed by atoms with Crippen LogP contribution in [0.15, 0.2) is 24.5 Å². The molecule has 5 N–H and O–H groups in total. The number of hydrogen-bond donors (Lipinski definition) is 4. The first kappa shape index (κ1) is 17.4. The highest BCUT2D eigenvalue weighted by Gasteiger charge is 2.40. The van der Waals surface area contributed by atoms with Crippen molar-refractivity contribution in [3.8, 4) is 0 Å². The molecule has 0 saturated carbocycles. The van der Waals surface area contributed by atoms with Gasteiger partial charge in [0.2, 0.25) is 5.91 Å². The second kappa shape index (κ2) is 7.07. The number of aliphatic carboxylic acids is 1. The average Bonchev–Trinajstić information content (AvgIpc) is 2.50. The molecule has 1 fully saturated rings. The summed E-state index contributed by atoms with van der Waals surface area (Å²) < 4.78 is 5.24. The van der Waals surface area contributed by atoms with Crippen molar-refractivity contribution in [2.24, 2.45) is 5.73 Å². The smallest absolute Gasteiger partial charge is 0.478 e. The lowest BCUT2D eigenvalue weighted by Crippen LogP contribution is -2.58. The third-order valence-corrected chi connectivity index (χ3v) is 3.93. The molecule has 2 heterocycles. The molecule has 2 rings (SSSR count). The summed E-state index contributed by atoms with van der Waals surface area (Å²) in [4.78, 5) is 27.0. The Labute approximate surface area is 134 Å². The number of nitrogens with two attached hydrogens (primary N) is 1. The van der Waals surface area contributed by atoms with E-state index in [1.807, 2.05) is 0 Å². The summed E-state index contributed by atoms with van der Waals surface area (Å²) in [5, 5.41) is 21.4. The van der Waals surface area contributed by atoms with E-state index in [1.165, 1.54) is 6.20 Å². The Morgan fingerprint density at radius 3 is 2.87 bits per heavy atom. The van der Waals surface area contributed by atoms with Gasteiger partial charge in [-0.3, -0.25) is 14.6 Å². The van der Waals surface area contributed by atoms with Crippen LogP contribution in [-0.4, -0.2) is 46.2 Å². The third kappa shape index (κ3) is 4.28. The number of hydrogen-bond acceptors (Lipinski definition) is 6. The molecular weight excluding hydrogens is 301 g/mol. The fourth-order valence-corrected chi connectivity index (χ4v) is 2.48. The van der Waals surface area contributed by atoms with Gasteiger partial charge in [0.25, 0.3) is 0 Å². The van der Waals surface area contributed by atoms with Crippen molar-refractivity contribution in [3.05, 3.63) is 30.1 Å². The average molecular weight is 321 g/mol. The molecule has 1 aliphatic heterocycles. The van der Waals surface area contributed by atoms with E-state index in [2.05, 4.69) is 10.3 Å². The number of rotatable bonds is 5. The quantitative estimate of drug-likeness (QED) is 0.533. The van der Waals surface area contributed by atoms with Gasteiger partial charge >= 0.3 is 13.1 Å². The zero-order chi connectivity index (χ0) is 17.0. The van der Waals surface area contributed by atoms with Gasteiger partial charge in [-0.15, -0.1) is 0 Å². The largest absolute Gasteiger partial charge is 0.481 e. The standard InChI is InChI=1S/C14H20BN3O5/c1-14(16,9-3-2-6-17-8-9)13(21)18-11-5-4-10(7-12(19)20)23-15(11)22/h2-3,6,8,10-11,22H,4-5,7,16H2,1H3,(H,18,21)(H,19,20)/t10-,11-,14?/m0/s1. The number of nitrogens with one attached hydrogen (secondary N) is 1. The van der Waals surface area contributed by atoms with Crippen LogP contribution >= 0.6 is 0 Å². The van der Waals surface area contributed by atoms with Crippen molar-refractivity contribution in [2.75, 3.05) is 0 Å². The highest BCUT2D eigenvalue weighted by Crippen LogP contribution is 2.21. The van der Waals surface area contributed by atoms with E-state index >= 15 is 0 Å². The van der Waals surface area contributed by atoms with Crippen LogP contribution < -0.4 is 11.1 Å². The molecule has 0 spiro atoms. The summed E-state index contributed by atoms with van der Waals surface area (Å²) in [6.07, 6.45) is 3.20. The zero-order valence-electron chi connectivity index (χ0n) is 12.8. The van der Waals surface area contributed by atoms with Crippen molar-refractivity contribution in [1.82, 2.24) is 10.3 Å². The van der Waals surface area contributed by atoms with Gasteiger partial charge in [0.15, 0.2) is 0 Å². The fraction of sp³-hybridized carbons (Fsp3) is 0.500. The minimum absolute atomic E-state index is 0.179. The zero-order valence-corrected chi connectivity index (χ0v) is 12.8. The Balaban J connectivity index is 1.97. The number of amides is 1. The Morgan fingerprint density at radius 2 is 2.30 bits per heavy atom. The summed E-state index contributed by atoms with van der Waals surface area (Å²) in [6.45, 7) is 1.56. The van der Waals surface area contributed by atoms with Gasteiger partial charge in [0, 0.05) is 12.4 Å². The van der Waals surface area contributed by atoms with E-state index in [-0.39, 0.29) is 6.42 Å². The van der Waals surface area contributed by atoms with Crippen LogP contribution in [0.5, 0.6) is 0 Å². The molecule has 0 aliphatic carbocycles. The fourth-order valence-electron chi connectivity index (χ4n) is 2.48. The molecule has 0 bridgehead atoms. The molecule has 0 aromatic carbocycles. The molecule has 1 aromatic heterocycles. The van der Waals surface area contributed by atoms with Crippen molar-refractivity contribution in [3.63, 3.8) is 0 Å². The number of carbonyl (C=O) groups is 2. The maximum atomic E-state index is 12.4. The number of carboxylic acid groups (broad SMARTS) is 1. The van der Waals surface area contributed by atoms with Gasteiger partial charge in [0.05, 0.1) is 18.5 Å². The molecule has 8 nitrogen and oxygen atoms in total. The van der Waals surface area contributed by atoms with Crippen molar-refractivity contribution in [2.45, 2.75) is 43.8 Å². The Kier molecular flexibility index (Phi) is 5.35. The Hall–Kier alpha value is -1.97. The van der Waals surface area contributed by atoms with Crippen LogP contribution in [-0.2, 0) is 19.8 Å². The van der Waals surface area contributed by atoms with Crippen molar-refractivity contribution < 1.29 is 24.4 Å². The summed E-state index contributed by atoms with van der Waals surface area (Å²) in [7, 11) is -1.26. The second-order valence-corrected chi connectivity index (χ2v) is 5.85. The molecule has 1 amide bonds. The summed E-state index contributed by atoms with van der Waals surface area (Å²) in [5.41, 5.74) is 5.33. The molecule has 9 heteroatoms. The Bertz CT molecular complexity index is 569. The van der Waals surface area contributed by atoms with E-state index < -0.39 is 36.6 Å². The minimum Gasteiger partial charge on any atom is -0.481 e. The summed E-state index contributed by atoms with van der Waals surface area (Å²) in [6, 6.07) is 3.38. The summed E-state index contributed by atoms with van der Waals surface area (Å²) in [5.74, 6) is -2.09. The number of nitrogens with zero attached hydrogens (tertiary/aromatic N) is 1. The van der Waals surface area contributed by atoms with Gasteiger partial charge in [-0.2, -0.15) is 0 Å². The van der Waals surface area contributed by atoms with Crippen LogP contribution in [0.2, 0.25) is 0 Å². The third-order valence-electron chi connectivity index (χ3n) is 3.93. The predicted molar refractivity (Wildman–Crippen MR) is 82.0 cm³/mol. The van der Waals surface area contributed by atoms with E-state index in [0.29, 0.717) is 18.4 Å². The van der Waals surface area contributed by atoms with Gasteiger partial charge in [0.1, 0.15) is 5.54 Å². The van der Waals surface area contributed by atoms with E-state index in [9.17, 15) is 14.6 Å². The molecule has 23 heavy (non-hydrogen) atoms. The van der Waals surface area contributed by atoms with Crippen LogP contribution in [0.3, 0.4) is 0 Å². The van der Waals surface area contributed by atoms with Crippen LogP contribution in [0, 0.1) is 0 Å². The number of carbonyl (C=O) groups excluding carboxylic acids is 1. The van der Waals surface area contributed by atoms with Crippen LogP contribution in [0.25, 0.3) is 0 Å². The lowest BCUT2D eigenvalue weighted by molar-refractivity contribution is -0.139. The first-order chi connectivity index (χ1) is 10.8. The van der Waals surface area contributed by atoms with Gasteiger partial charge in [-0.05, 0) is 31.4 Å². The molecule has 1 saturated heterocycles. The van der Waals surface area contributed by atoms with Gasteiger partial charge in [-0.1, -0.05) is 6.07 Å². The predicted octanol–water partition coefficient (Wildman–Crippen LogP) is -0.586. The van der Waals surface area contributed by atoms with Crippen LogP contribution in [0.1, 0.15) is 31.7 Å². The molecule has 124 valence electrons. The maximum Gasteiger partial charge on any atom is 0.478 e. The van der Waals surface area contributed by atoms with Gasteiger partial charge < -0.3 is 25.8 Å². The van der Waals surface area contributed by atoms with Crippen molar-refractivity contribution in [1.29, 1.82) is 0 Å². The molecule has 1 unspecified atom stereocenters. The van der Waals surface area contributed by atoms with Crippen LogP contribution in [0.4, 0.5) is 0 Å². The Morgan fingerprint density at radius 1 is 1.57 bits per heavy atom. The summed E-state index contributed by atoms with van der Waals surface area (Å²) >= 11 is 0. The molecular formula is C14H20BN3O5. The maximum absolute atomic E-state index is 12.4. The highest BCUT2D eigenvalue weighted by molar-refractivity contribution is 6.45. The molecule has 0 radical (unpaired) electrons. The number of aromatic nitrogens is 1. The van der Waals surface area contributed by atoms with E-state index in [4.69, 9.17) is 15.5 Å². The lowest BCUT2D eigenvalue weighted by Gasteiger charge is -2.33. The first-order valence-electron chi connectivity index (χ1n) is 7.36. The lowest BCUT2D eigenvalue weighted by atomic mass is 9.72. The second-order valence-electron chi connectivity index (χ2n) is 5.85. The SMILES string of the molecule is CC(N)(C(=O)N[C@H]1CC[C@@H](CC(=O)O)OB1O)c1cccnc1. The monoisotopic (exact) mass is 321 g/mol. The molecule has 1 aliphatic rings. The minimum atomic E-state index is -1.30. The topological polar surface area (TPSA) is 135 Å². The van der Waals surface area contributed by atoms with Crippen molar-refractivity contribution >= 4 is 19.0 Å². The normalized spacial score (nSPS) is 23.9. The van der Waals surface area contributed by atoms with Gasteiger partial charge in [-0.25, -0.2) is 0 Å². The molecule has 1 aromatic rings. The number of carboxylic acids is 1. The van der Waals surface area contributed by atoms with E-state index in [1.54, 1.807) is 25.3 Å². The first-order valence-corrected chi connectivity index (χ1v) is 7.36.